The van der Waals surface area contributed by atoms with E-state index in [1.165, 1.54) is 6.07 Å². The van der Waals surface area contributed by atoms with E-state index in [4.69, 9.17) is 28.3 Å². The molecule has 1 aliphatic rings. The van der Waals surface area contributed by atoms with E-state index in [-0.39, 0.29) is 31.1 Å². The van der Waals surface area contributed by atoms with Gasteiger partial charge in [-0.2, -0.15) is 13.2 Å². The molecular weight excluding hydrogens is 497 g/mol. The maximum absolute atomic E-state index is 14.1. The van der Waals surface area contributed by atoms with Gasteiger partial charge in [0, 0.05) is 44.7 Å². The second-order valence-corrected chi connectivity index (χ2v) is 9.10. The molecule has 0 aliphatic carbocycles. The molecule has 0 spiro atoms. The molecule has 1 fully saturated rings. The number of nitrogens with zero attached hydrogens (tertiary/aromatic N) is 2. The highest BCUT2D eigenvalue weighted by Crippen LogP contribution is 2.35. The number of aliphatic hydroxyl groups excluding tert-OH is 1. The van der Waals surface area contributed by atoms with Crippen LogP contribution < -0.4 is 5.32 Å². The molecule has 0 radical (unpaired) electrons. The van der Waals surface area contributed by atoms with Crippen molar-refractivity contribution in [1.29, 1.82) is 0 Å². The predicted molar refractivity (Wildman–Crippen MR) is 123 cm³/mol. The van der Waals surface area contributed by atoms with E-state index in [1.54, 1.807) is 24.1 Å². The van der Waals surface area contributed by atoms with Crippen molar-refractivity contribution in [2.24, 2.45) is 0 Å². The van der Waals surface area contributed by atoms with E-state index >= 15 is 0 Å². The first kappa shape index (κ1) is 26.5. The number of nitrogens with one attached hydrogen (secondary N) is 1. The van der Waals surface area contributed by atoms with Crippen molar-refractivity contribution in [1.82, 2.24) is 15.1 Å². The third-order valence-electron chi connectivity index (χ3n) is 5.90. The van der Waals surface area contributed by atoms with E-state index < -0.39 is 17.6 Å². The van der Waals surface area contributed by atoms with Gasteiger partial charge in [-0.3, -0.25) is 4.90 Å². The Hall–Kier alpha value is -2.07. The lowest BCUT2D eigenvalue weighted by molar-refractivity contribution is -0.140. The van der Waals surface area contributed by atoms with E-state index in [0.29, 0.717) is 41.7 Å². The fraction of sp³-hybridized carbons (Fsp3) is 0.435. The summed E-state index contributed by atoms with van der Waals surface area (Å²) in [5, 5.41) is 12.5. The fourth-order valence-corrected chi connectivity index (χ4v) is 4.45. The van der Waals surface area contributed by atoms with Crippen LogP contribution in [0.5, 0.6) is 0 Å². The summed E-state index contributed by atoms with van der Waals surface area (Å²) in [6.45, 7) is 1.18. The van der Waals surface area contributed by atoms with Crippen LogP contribution in [0.3, 0.4) is 0 Å². The number of urea groups is 1. The smallest absolute Gasteiger partial charge is 0.396 e. The molecule has 1 heterocycles. The van der Waals surface area contributed by atoms with Crippen LogP contribution >= 0.6 is 23.2 Å². The minimum atomic E-state index is -4.76. The summed E-state index contributed by atoms with van der Waals surface area (Å²) >= 11 is 12.3. The maximum Gasteiger partial charge on any atom is 0.419 e. The average Bonchev–Trinajstić information content (AvgIpc) is 3.21. The van der Waals surface area contributed by atoms with Crippen LogP contribution in [0.15, 0.2) is 36.4 Å². The highest BCUT2D eigenvalue weighted by molar-refractivity contribution is 6.42. The lowest BCUT2D eigenvalue weighted by atomic mass is 9.93. The highest BCUT2D eigenvalue weighted by atomic mass is 35.5. The quantitative estimate of drug-likeness (QED) is 0.391. The SMILES string of the molecule is CN(Cc1ccc(C(F)(F)F)c(F)c1)C1CN(C(=O)NCCCO)CC1c1ccc(Cl)c(Cl)c1. The fourth-order valence-electron chi connectivity index (χ4n) is 4.15. The van der Waals surface area contributed by atoms with Gasteiger partial charge in [-0.05, 0) is 48.9 Å². The van der Waals surface area contributed by atoms with Gasteiger partial charge in [-0.25, -0.2) is 9.18 Å². The number of amides is 2. The van der Waals surface area contributed by atoms with E-state index in [1.807, 2.05) is 11.0 Å². The molecular formula is C23H25Cl2F4N3O2. The average molecular weight is 522 g/mol. The summed E-state index contributed by atoms with van der Waals surface area (Å²) in [4.78, 5) is 16.2. The van der Waals surface area contributed by atoms with Crippen LogP contribution in [0.2, 0.25) is 10.0 Å². The molecule has 0 saturated carbocycles. The molecule has 2 atom stereocenters. The van der Waals surface area contributed by atoms with Gasteiger partial charge in [0.15, 0.2) is 0 Å². The summed E-state index contributed by atoms with van der Waals surface area (Å²) in [6.07, 6.45) is -4.33. The van der Waals surface area contributed by atoms with Crippen LogP contribution in [0, 0.1) is 5.82 Å². The summed E-state index contributed by atoms with van der Waals surface area (Å²) in [7, 11) is 1.78. The van der Waals surface area contributed by atoms with Gasteiger partial charge in [0.25, 0.3) is 0 Å². The number of hydrogen-bond donors (Lipinski definition) is 2. The first-order valence-electron chi connectivity index (χ1n) is 10.7. The Labute approximate surface area is 205 Å². The number of aliphatic hydroxyl groups is 1. The first-order valence-corrected chi connectivity index (χ1v) is 11.4. The van der Waals surface area contributed by atoms with Crippen molar-refractivity contribution < 1.29 is 27.5 Å². The van der Waals surface area contributed by atoms with Crippen molar-refractivity contribution >= 4 is 29.2 Å². The van der Waals surface area contributed by atoms with Crippen molar-refractivity contribution in [3.05, 3.63) is 69.0 Å². The standard InChI is InChI=1S/C23H25Cl2F4N3O2/c1-31(11-14-3-5-17(20(26)9-14)23(27,28)29)21-13-32(22(34)30-7-2-8-33)12-16(21)15-4-6-18(24)19(25)10-15/h3-6,9-10,16,21,33H,2,7-8,11-13H2,1H3,(H,30,34). The maximum atomic E-state index is 14.1. The van der Waals surface area contributed by atoms with Crippen LogP contribution in [-0.2, 0) is 12.7 Å². The Kier molecular flexibility index (Phi) is 8.67. The number of likely N-dealkylation sites (N-methyl/N-ethyl adjacent to an activating group) is 1. The van der Waals surface area contributed by atoms with Gasteiger partial charge in [0.05, 0.1) is 15.6 Å². The molecule has 2 aromatic carbocycles. The first-order chi connectivity index (χ1) is 16.0. The Morgan fingerprint density at radius 3 is 2.53 bits per heavy atom. The number of hydrogen-bond acceptors (Lipinski definition) is 3. The molecule has 11 heteroatoms. The van der Waals surface area contributed by atoms with Crippen molar-refractivity contribution in [2.75, 3.05) is 33.3 Å². The van der Waals surface area contributed by atoms with Crippen molar-refractivity contribution in [3.63, 3.8) is 0 Å². The molecule has 2 amide bonds. The topological polar surface area (TPSA) is 55.8 Å². The number of alkyl halides is 3. The number of rotatable bonds is 7. The Balaban J connectivity index is 1.82. The second kappa shape index (κ2) is 11.1. The summed E-state index contributed by atoms with van der Waals surface area (Å²) in [5.41, 5.74) is -0.0681. The van der Waals surface area contributed by atoms with E-state index in [2.05, 4.69) is 5.32 Å². The van der Waals surface area contributed by atoms with Crippen LogP contribution in [0.1, 0.15) is 29.0 Å². The lowest BCUT2D eigenvalue weighted by Crippen LogP contribution is -2.41. The Morgan fingerprint density at radius 1 is 1.18 bits per heavy atom. The van der Waals surface area contributed by atoms with Gasteiger partial charge >= 0.3 is 12.2 Å². The van der Waals surface area contributed by atoms with Gasteiger partial charge in [-0.1, -0.05) is 35.3 Å². The Morgan fingerprint density at radius 2 is 1.91 bits per heavy atom. The minimum absolute atomic E-state index is 0.0404. The zero-order valence-corrected chi connectivity index (χ0v) is 19.9. The number of halogens is 6. The zero-order valence-electron chi connectivity index (χ0n) is 18.4. The summed E-state index contributed by atoms with van der Waals surface area (Å²) < 4.78 is 52.7. The second-order valence-electron chi connectivity index (χ2n) is 8.29. The monoisotopic (exact) mass is 521 g/mol. The highest BCUT2D eigenvalue weighted by Gasteiger charge is 2.39. The molecule has 186 valence electrons. The third kappa shape index (κ3) is 6.33. The van der Waals surface area contributed by atoms with E-state index in [9.17, 15) is 22.4 Å². The van der Waals surface area contributed by atoms with E-state index in [0.717, 1.165) is 17.7 Å². The number of likely N-dealkylation sites (tertiary alicyclic amines) is 1. The molecule has 0 aromatic heterocycles. The van der Waals surface area contributed by atoms with Gasteiger partial charge in [-0.15, -0.1) is 0 Å². The minimum Gasteiger partial charge on any atom is -0.396 e. The van der Waals surface area contributed by atoms with Crippen molar-refractivity contribution in [3.8, 4) is 0 Å². The molecule has 2 unspecified atom stereocenters. The molecule has 34 heavy (non-hydrogen) atoms. The van der Waals surface area contributed by atoms with Gasteiger partial charge in [0.1, 0.15) is 5.82 Å². The third-order valence-corrected chi connectivity index (χ3v) is 6.64. The molecule has 1 saturated heterocycles. The zero-order chi connectivity index (χ0) is 25.0. The van der Waals surface area contributed by atoms with Crippen LogP contribution in [-0.4, -0.2) is 60.3 Å². The van der Waals surface area contributed by atoms with Crippen molar-refractivity contribution in [2.45, 2.75) is 31.1 Å². The van der Waals surface area contributed by atoms with Gasteiger partial charge in [0.2, 0.25) is 0 Å². The molecule has 2 aromatic rings. The normalized spacial score (nSPS) is 18.6. The number of carbonyl (C=O) groups excluding carboxylic acids is 1. The Bertz CT molecular complexity index is 1020. The van der Waals surface area contributed by atoms with Crippen LogP contribution in [0.25, 0.3) is 0 Å². The summed E-state index contributed by atoms with van der Waals surface area (Å²) in [6, 6.07) is 7.62. The summed E-state index contributed by atoms with van der Waals surface area (Å²) in [5.74, 6) is -1.49. The lowest BCUT2D eigenvalue weighted by Gasteiger charge is -2.29. The number of carbonyl (C=O) groups is 1. The largest absolute Gasteiger partial charge is 0.419 e. The molecule has 5 nitrogen and oxygen atoms in total. The molecule has 0 bridgehead atoms. The number of benzene rings is 2. The predicted octanol–water partition coefficient (Wildman–Crippen LogP) is 5.14. The molecule has 2 N–H and O–H groups in total. The molecule has 1 aliphatic heterocycles. The van der Waals surface area contributed by atoms with Crippen LogP contribution in [0.4, 0.5) is 22.4 Å². The molecule has 3 rings (SSSR count). The van der Waals surface area contributed by atoms with Gasteiger partial charge < -0.3 is 15.3 Å².